The number of nitrogens with zero attached hydrogens (tertiary/aromatic N) is 3. The third-order valence-electron chi connectivity index (χ3n) is 4.64. The molecule has 7 nitrogen and oxygen atoms in total. The number of carbonyl (C=O) groups is 1. The fourth-order valence-corrected chi connectivity index (χ4v) is 3.31. The topological polar surface area (TPSA) is 83.1 Å². The van der Waals surface area contributed by atoms with Crippen LogP contribution in [0.15, 0.2) is 18.3 Å². The molecule has 0 spiro atoms. The zero-order chi connectivity index (χ0) is 16.4. The molecule has 126 valence electrons. The summed E-state index contributed by atoms with van der Waals surface area (Å²) in [6.07, 6.45) is 5.95. The summed E-state index contributed by atoms with van der Waals surface area (Å²) in [6, 6.07) is 3.82. The first kappa shape index (κ1) is 15.1. The van der Waals surface area contributed by atoms with Crippen LogP contribution in [0.3, 0.4) is 0 Å². The number of hydrogen-bond donors (Lipinski definition) is 2. The van der Waals surface area contributed by atoms with Gasteiger partial charge in [0, 0.05) is 24.3 Å². The number of morpholine rings is 1. The molecule has 3 heterocycles. The van der Waals surface area contributed by atoms with E-state index in [0.717, 1.165) is 68.9 Å². The minimum atomic E-state index is -0.193. The molecule has 2 aliphatic rings. The Hall–Kier alpha value is -2.41. The lowest BCUT2D eigenvalue weighted by Gasteiger charge is -2.28. The fraction of sp³-hybridized carbons (Fsp3) is 0.471. The van der Waals surface area contributed by atoms with E-state index in [9.17, 15) is 4.79 Å². The number of anilines is 2. The first-order valence-corrected chi connectivity index (χ1v) is 8.47. The van der Waals surface area contributed by atoms with Gasteiger partial charge in [-0.1, -0.05) is 0 Å². The second-order valence-electron chi connectivity index (χ2n) is 6.19. The average molecular weight is 327 g/mol. The predicted octanol–water partition coefficient (Wildman–Crippen LogP) is 1.77. The Kier molecular flexibility index (Phi) is 4.17. The molecule has 0 radical (unpaired) electrons. The number of pyridine rings is 1. The summed E-state index contributed by atoms with van der Waals surface area (Å²) in [5, 5.41) is 10.0. The number of fused-ring (bicyclic) bond motifs is 1. The third kappa shape index (κ3) is 2.99. The fourth-order valence-electron chi connectivity index (χ4n) is 3.31. The van der Waals surface area contributed by atoms with Crippen molar-refractivity contribution in [2.24, 2.45) is 0 Å². The van der Waals surface area contributed by atoms with Gasteiger partial charge in [0.1, 0.15) is 5.82 Å². The molecule has 0 atom stereocenters. The van der Waals surface area contributed by atoms with E-state index >= 15 is 0 Å². The number of ether oxygens (including phenoxy) is 1. The van der Waals surface area contributed by atoms with E-state index in [0.29, 0.717) is 11.5 Å². The number of carbonyl (C=O) groups excluding carboxylic acids is 1. The average Bonchev–Trinajstić information content (AvgIpc) is 3.07. The summed E-state index contributed by atoms with van der Waals surface area (Å²) in [5.74, 6) is 0.352. The number of aromatic nitrogens is 3. The molecular formula is C17H21N5O2. The van der Waals surface area contributed by atoms with E-state index in [4.69, 9.17) is 4.74 Å². The molecule has 2 aromatic rings. The second-order valence-corrected chi connectivity index (χ2v) is 6.19. The summed E-state index contributed by atoms with van der Waals surface area (Å²) >= 11 is 0. The van der Waals surface area contributed by atoms with Crippen LogP contribution in [0.5, 0.6) is 0 Å². The molecule has 7 heteroatoms. The molecular weight excluding hydrogens is 306 g/mol. The maximum absolute atomic E-state index is 12.5. The lowest BCUT2D eigenvalue weighted by Crippen LogP contribution is -2.36. The third-order valence-corrected chi connectivity index (χ3v) is 4.64. The molecule has 4 rings (SSSR count). The van der Waals surface area contributed by atoms with Crippen molar-refractivity contribution in [1.29, 1.82) is 0 Å². The van der Waals surface area contributed by atoms with Gasteiger partial charge in [0.05, 0.1) is 25.1 Å². The molecule has 1 aliphatic carbocycles. The van der Waals surface area contributed by atoms with E-state index in [1.54, 1.807) is 6.20 Å². The molecule has 1 saturated heterocycles. The van der Waals surface area contributed by atoms with E-state index in [1.807, 2.05) is 12.1 Å². The van der Waals surface area contributed by atoms with Crippen molar-refractivity contribution in [3.05, 3.63) is 35.3 Å². The Balaban J connectivity index is 1.45. The van der Waals surface area contributed by atoms with Gasteiger partial charge in [-0.25, -0.2) is 4.98 Å². The van der Waals surface area contributed by atoms with Crippen LogP contribution in [0.25, 0.3) is 0 Å². The van der Waals surface area contributed by atoms with Gasteiger partial charge in [-0.15, -0.1) is 0 Å². The van der Waals surface area contributed by atoms with E-state index in [1.165, 1.54) is 0 Å². The maximum atomic E-state index is 12.5. The van der Waals surface area contributed by atoms with Crippen LogP contribution >= 0.6 is 0 Å². The van der Waals surface area contributed by atoms with Crippen molar-refractivity contribution in [1.82, 2.24) is 15.2 Å². The monoisotopic (exact) mass is 327 g/mol. The highest BCUT2D eigenvalue weighted by atomic mass is 16.5. The first-order chi connectivity index (χ1) is 11.8. The molecule has 2 aromatic heterocycles. The van der Waals surface area contributed by atoms with Crippen LogP contribution in [0.1, 0.15) is 34.6 Å². The first-order valence-electron chi connectivity index (χ1n) is 8.47. The van der Waals surface area contributed by atoms with Gasteiger partial charge in [-0.2, -0.15) is 5.10 Å². The molecule has 1 amide bonds. The zero-order valence-electron chi connectivity index (χ0n) is 13.5. The number of aromatic amines is 1. The second kappa shape index (κ2) is 6.60. The zero-order valence-corrected chi connectivity index (χ0v) is 13.5. The van der Waals surface area contributed by atoms with Crippen molar-refractivity contribution in [3.8, 4) is 0 Å². The van der Waals surface area contributed by atoms with Crippen LogP contribution in [-0.2, 0) is 17.6 Å². The van der Waals surface area contributed by atoms with Crippen LogP contribution in [-0.4, -0.2) is 47.4 Å². The van der Waals surface area contributed by atoms with Crippen molar-refractivity contribution >= 4 is 17.4 Å². The highest BCUT2D eigenvalue weighted by molar-refractivity contribution is 6.03. The Morgan fingerprint density at radius 2 is 2.04 bits per heavy atom. The quantitative estimate of drug-likeness (QED) is 0.898. The molecule has 1 fully saturated rings. The molecule has 0 unspecified atom stereocenters. The molecule has 0 bridgehead atoms. The van der Waals surface area contributed by atoms with Crippen LogP contribution < -0.4 is 10.2 Å². The van der Waals surface area contributed by atoms with Crippen molar-refractivity contribution in [2.45, 2.75) is 25.7 Å². The number of amides is 1. The Labute approximate surface area is 140 Å². The molecule has 24 heavy (non-hydrogen) atoms. The van der Waals surface area contributed by atoms with Crippen molar-refractivity contribution < 1.29 is 9.53 Å². The highest BCUT2D eigenvalue weighted by Gasteiger charge is 2.22. The highest BCUT2D eigenvalue weighted by Crippen LogP contribution is 2.23. The molecule has 1 aliphatic heterocycles. The van der Waals surface area contributed by atoms with Gasteiger partial charge < -0.3 is 15.0 Å². The summed E-state index contributed by atoms with van der Waals surface area (Å²) in [7, 11) is 0. The van der Waals surface area contributed by atoms with E-state index in [-0.39, 0.29) is 5.91 Å². The van der Waals surface area contributed by atoms with Gasteiger partial charge in [-0.3, -0.25) is 9.89 Å². The number of rotatable bonds is 3. The summed E-state index contributed by atoms with van der Waals surface area (Å²) in [5.41, 5.74) is 3.71. The maximum Gasteiger partial charge on any atom is 0.277 e. The Morgan fingerprint density at radius 1 is 1.21 bits per heavy atom. The van der Waals surface area contributed by atoms with Crippen LogP contribution in [0.2, 0.25) is 0 Å². The number of aryl methyl sites for hydroxylation is 1. The van der Waals surface area contributed by atoms with Crippen LogP contribution in [0, 0.1) is 0 Å². The molecule has 0 aromatic carbocycles. The lowest BCUT2D eigenvalue weighted by atomic mass is 9.96. The lowest BCUT2D eigenvalue weighted by molar-refractivity contribution is 0.102. The van der Waals surface area contributed by atoms with Crippen molar-refractivity contribution in [3.63, 3.8) is 0 Å². The van der Waals surface area contributed by atoms with Gasteiger partial charge in [0.15, 0.2) is 5.69 Å². The summed E-state index contributed by atoms with van der Waals surface area (Å²) in [6.45, 7) is 3.21. The predicted molar refractivity (Wildman–Crippen MR) is 90.5 cm³/mol. The Bertz CT molecular complexity index is 719. The molecule has 2 N–H and O–H groups in total. The van der Waals surface area contributed by atoms with Crippen molar-refractivity contribution in [2.75, 3.05) is 36.5 Å². The minimum Gasteiger partial charge on any atom is -0.378 e. The standard InChI is InChI=1S/C17H21N5O2/c23-17(16-13-3-1-2-4-14(13)20-21-16)19-15-6-5-12(11-18-15)22-7-9-24-10-8-22/h5-6,11H,1-4,7-10H2,(H,20,21)(H,18,19,23). The van der Waals surface area contributed by atoms with Gasteiger partial charge >= 0.3 is 0 Å². The van der Waals surface area contributed by atoms with Crippen LogP contribution in [0.4, 0.5) is 11.5 Å². The van der Waals surface area contributed by atoms with E-state index < -0.39 is 0 Å². The largest absolute Gasteiger partial charge is 0.378 e. The number of nitrogens with one attached hydrogen (secondary N) is 2. The SMILES string of the molecule is O=C(Nc1ccc(N2CCOCC2)cn1)c1n[nH]c2c1CCCC2. The molecule has 0 saturated carbocycles. The van der Waals surface area contributed by atoms with Gasteiger partial charge in [0.25, 0.3) is 5.91 Å². The smallest absolute Gasteiger partial charge is 0.277 e. The van der Waals surface area contributed by atoms with Gasteiger partial charge in [-0.05, 0) is 37.8 Å². The van der Waals surface area contributed by atoms with E-state index in [2.05, 4.69) is 25.4 Å². The minimum absolute atomic E-state index is 0.193. The Morgan fingerprint density at radius 3 is 2.83 bits per heavy atom. The summed E-state index contributed by atoms with van der Waals surface area (Å²) in [4.78, 5) is 19.1. The normalized spacial score (nSPS) is 17.4. The summed E-state index contributed by atoms with van der Waals surface area (Å²) < 4.78 is 5.36. The number of H-pyrrole nitrogens is 1. The van der Waals surface area contributed by atoms with Gasteiger partial charge in [0.2, 0.25) is 0 Å². The number of hydrogen-bond acceptors (Lipinski definition) is 5.